The fourth-order valence-electron chi connectivity index (χ4n) is 2.35. The molecule has 3 rings (SSSR count). The molecule has 0 N–H and O–H groups in total. The summed E-state index contributed by atoms with van der Waals surface area (Å²) in [5.74, 6) is -0.297. The van der Waals surface area contributed by atoms with Gasteiger partial charge in [-0.15, -0.1) is 0 Å². The predicted octanol–water partition coefficient (Wildman–Crippen LogP) is 4.46. The number of hydrogen-bond acceptors (Lipinski definition) is 3. The van der Waals surface area contributed by atoms with Crippen LogP contribution >= 0.6 is 0 Å². The number of aromatic nitrogens is 3. The summed E-state index contributed by atoms with van der Waals surface area (Å²) in [5, 5.41) is 7.28. The van der Waals surface area contributed by atoms with Crippen molar-refractivity contribution in [3.63, 3.8) is 0 Å². The Kier molecular flexibility index (Phi) is 4.91. The lowest BCUT2D eigenvalue weighted by molar-refractivity contribution is -0.137. The molecule has 0 atom stereocenters. The van der Waals surface area contributed by atoms with Crippen molar-refractivity contribution in [1.29, 1.82) is 0 Å². The number of rotatable bonds is 4. The maximum absolute atomic E-state index is 12.6. The highest BCUT2D eigenvalue weighted by Gasteiger charge is 2.29. The van der Waals surface area contributed by atoms with Crippen LogP contribution in [0, 0.1) is 0 Å². The molecular formula is C17H11F3N6O. The van der Waals surface area contributed by atoms with Gasteiger partial charge in [-0.3, -0.25) is 4.79 Å². The molecule has 1 aromatic heterocycles. The Hall–Kier alpha value is -3.65. The Morgan fingerprint density at radius 3 is 2.37 bits per heavy atom. The topological polar surface area (TPSA) is 96.5 Å². The van der Waals surface area contributed by atoms with Crippen molar-refractivity contribution in [2.24, 2.45) is 5.11 Å². The van der Waals surface area contributed by atoms with E-state index in [1.54, 1.807) is 12.1 Å². The molecule has 0 aliphatic heterocycles. The number of halogens is 3. The van der Waals surface area contributed by atoms with Crippen LogP contribution in [0.4, 0.5) is 13.2 Å². The van der Waals surface area contributed by atoms with Crippen molar-refractivity contribution in [3.05, 3.63) is 82.0 Å². The lowest BCUT2D eigenvalue weighted by Gasteiger charge is -2.07. The summed E-state index contributed by atoms with van der Waals surface area (Å²) >= 11 is 0. The minimum Gasteiger partial charge on any atom is -0.287 e. The zero-order chi connectivity index (χ0) is 19.4. The van der Waals surface area contributed by atoms with Crippen molar-refractivity contribution in [3.8, 4) is 11.4 Å². The van der Waals surface area contributed by atoms with Crippen LogP contribution < -0.4 is 0 Å². The largest absolute Gasteiger partial charge is 0.416 e. The van der Waals surface area contributed by atoms with E-state index in [1.807, 2.05) is 0 Å². The Labute approximate surface area is 150 Å². The highest BCUT2D eigenvalue weighted by atomic mass is 19.4. The molecule has 136 valence electrons. The molecule has 0 aliphatic rings. The first-order chi connectivity index (χ1) is 12.9. The third-order valence-corrected chi connectivity index (χ3v) is 3.69. The first-order valence-electron chi connectivity index (χ1n) is 7.62. The Balaban J connectivity index is 1.73. The van der Waals surface area contributed by atoms with Crippen LogP contribution in [0.2, 0.25) is 0 Å². The van der Waals surface area contributed by atoms with Crippen LogP contribution in [0.5, 0.6) is 0 Å². The van der Waals surface area contributed by atoms with Gasteiger partial charge in [0.15, 0.2) is 5.82 Å². The monoisotopic (exact) mass is 372 g/mol. The van der Waals surface area contributed by atoms with E-state index in [4.69, 9.17) is 5.53 Å². The molecule has 1 heterocycles. The molecule has 3 aromatic rings. The average molecular weight is 372 g/mol. The molecule has 0 aliphatic carbocycles. The van der Waals surface area contributed by atoms with E-state index in [0.717, 1.165) is 12.1 Å². The Morgan fingerprint density at radius 2 is 1.78 bits per heavy atom. The normalized spacial score (nSPS) is 11.1. The number of hydrogen-bond donors (Lipinski definition) is 0. The maximum atomic E-state index is 12.6. The average Bonchev–Trinajstić information content (AvgIpc) is 3.10. The van der Waals surface area contributed by atoms with Gasteiger partial charge < -0.3 is 0 Å². The Bertz CT molecular complexity index is 1000. The zero-order valence-corrected chi connectivity index (χ0v) is 13.6. The molecule has 27 heavy (non-hydrogen) atoms. The van der Waals surface area contributed by atoms with Crippen molar-refractivity contribution in [2.75, 3.05) is 0 Å². The van der Waals surface area contributed by atoms with Crippen molar-refractivity contribution < 1.29 is 18.0 Å². The minimum atomic E-state index is -4.37. The number of amides is 1. The smallest absolute Gasteiger partial charge is 0.287 e. The van der Waals surface area contributed by atoms with Gasteiger partial charge in [-0.25, -0.2) is 9.67 Å². The number of alkyl halides is 3. The van der Waals surface area contributed by atoms with E-state index in [9.17, 15) is 18.0 Å². The molecule has 0 saturated carbocycles. The number of carbonyl (C=O) groups excluding carboxylic acids is 1. The summed E-state index contributed by atoms with van der Waals surface area (Å²) in [6.07, 6.45) is -2.91. The fourth-order valence-corrected chi connectivity index (χ4v) is 2.35. The zero-order valence-electron chi connectivity index (χ0n) is 13.6. The van der Waals surface area contributed by atoms with Crippen molar-refractivity contribution >= 4 is 5.91 Å². The second-order valence-electron chi connectivity index (χ2n) is 5.53. The molecule has 0 bridgehead atoms. The SMILES string of the molecule is [N-]=[N+]=NC(=O)c1ccc(-c2ncn(Cc3ccc(C(F)(F)F)cc3)n2)cc1. The van der Waals surface area contributed by atoms with E-state index >= 15 is 0 Å². The third-order valence-electron chi connectivity index (χ3n) is 3.69. The number of benzene rings is 2. The van der Waals surface area contributed by atoms with Crippen molar-refractivity contribution in [2.45, 2.75) is 12.7 Å². The Morgan fingerprint density at radius 1 is 1.11 bits per heavy atom. The quantitative estimate of drug-likeness (QED) is 0.384. The predicted molar refractivity (Wildman–Crippen MR) is 89.5 cm³/mol. The highest BCUT2D eigenvalue weighted by Crippen LogP contribution is 2.29. The van der Waals surface area contributed by atoms with E-state index in [2.05, 4.69) is 20.1 Å². The van der Waals surface area contributed by atoms with Gasteiger partial charge in [0.1, 0.15) is 6.33 Å². The van der Waals surface area contributed by atoms with E-state index < -0.39 is 17.6 Å². The molecule has 0 fully saturated rings. The summed E-state index contributed by atoms with van der Waals surface area (Å²) in [5.41, 5.74) is 9.08. The van der Waals surface area contributed by atoms with E-state index in [0.29, 0.717) is 17.0 Å². The third kappa shape index (κ3) is 4.31. The maximum Gasteiger partial charge on any atom is 0.416 e. The summed E-state index contributed by atoms with van der Waals surface area (Å²) < 4.78 is 39.3. The van der Waals surface area contributed by atoms with Gasteiger partial charge >= 0.3 is 6.18 Å². The van der Waals surface area contributed by atoms with E-state index in [1.165, 1.54) is 35.3 Å². The first kappa shape index (κ1) is 18.2. The van der Waals surface area contributed by atoms with Crippen LogP contribution in [-0.2, 0) is 12.7 Å². The molecule has 10 heteroatoms. The second kappa shape index (κ2) is 7.30. The second-order valence-corrected chi connectivity index (χ2v) is 5.53. The van der Waals surface area contributed by atoms with Gasteiger partial charge in [0, 0.05) is 16.0 Å². The van der Waals surface area contributed by atoms with Gasteiger partial charge in [-0.1, -0.05) is 36.4 Å². The molecule has 0 unspecified atom stereocenters. The summed E-state index contributed by atoms with van der Waals surface area (Å²) in [6, 6.07) is 11.0. The summed E-state index contributed by atoms with van der Waals surface area (Å²) in [4.78, 5) is 18.1. The van der Waals surface area contributed by atoms with Crippen molar-refractivity contribution in [1.82, 2.24) is 14.8 Å². The number of azide groups is 1. The van der Waals surface area contributed by atoms with Gasteiger partial charge in [0.25, 0.3) is 0 Å². The molecular weight excluding hydrogens is 361 g/mol. The minimum absolute atomic E-state index is 0.237. The van der Waals surface area contributed by atoms with Crippen LogP contribution in [0.3, 0.4) is 0 Å². The molecule has 7 nitrogen and oxygen atoms in total. The fraction of sp³-hybridized carbons (Fsp3) is 0.118. The molecule has 0 spiro atoms. The van der Waals surface area contributed by atoms with Crippen LogP contribution in [0.1, 0.15) is 21.5 Å². The lowest BCUT2D eigenvalue weighted by atomic mass is 10.1. The van der Waals surface area contributed by atoms with Crippen LogP contribution in [0.15, 0.2) is 60.0 Å². The molecule has 1 amide bonds. The van der Waals surface area contributed by atoms with Crippen LogP contribution in [0.25, 0.3) is 21.8 Å². The summed E-state index contributed by atoms with van der Waals surface area (Å²) in [6.45, 7) is 0.262. The lowest BCUT2D eigenvalue weighted by Crippen LogP contribution is -2.05. The van der Waals surface area contributed by atoms with Gasteiger partial charge in [0.05, 0.1) is 12.1 Å². The molecule has 0 saturated heterocycles. The molecule has 2 aromatic carbocycles. The van der Waals surface area contributed by atoms with Gasteiger partial charge in [0.2, 0.25) is 5.91 Å². The summed E-state index contributed by atoms with van der Waals surface area (Å²) in [7, 11) is 0. The first-order valence-corrected chi connectivity index (χ1v) is 7.62. The molecule has 0 radical (unpaired) electrons. The number of carbonyl (C=O) groups is 1. The highest BCUT2D eigenvalue weighted by molar-refractivity contribution is 5.95. The van der Waals surface area contributed by atoms with Gasteiger partial charge in [-0.2, -0.15) is 18.3 Å². The van der Waals surface area contributed by atoms with Gasteiger partial charge in [-0.05, 0) is 28.3 Å². The number of nitrogens with zero attached hydrogens (tertiary/aromatic N) is 6. The van der Waals surface area contributed by atoms with E-state index in [-0.39, 0.29) is 12.1 Å². The standard InChI is InChI=1S/C17H11F3N6O/c18-17(19,20)14-7-1-11(2-8-14)9-26-10-22-15(24-26)12-3-5-13(6-4-12)16(27)23-25-21/h1-8,10H,9H2. The van der Waals surface area contributed by atoms with Crippen LogP contribution in [-0.4, -0.2) is 20.7 Å².